The molecule has 0 spiro atoms. The molecule has 2 aromatic carbocycles. The van der Waals surface area contributed by atoms with E-state index in [1.54, 1.807) is 42.1 Å². The van der Waals surface area contributed by atoms with E-state index in [0.717, 1.165) is 4.90 Å². The molecule has 26 heavy (non-hydrogen) atoms. The van der Waals surface area contributed by atoms with Crippen molar-refractivity contribution in [3.63, 3.8) is 0 Å². The van der Waals surface area contributed by atoms with Gasteiger partial charge < -0.3 is 14.9 Å². The number of aliphatic carboxylic acids is 1. The minimum absolute atomic E-state index is 0.0505. The quantitative estimate of drug-likeness (QED) is 0.523. The van der Waals surface area contributed by atoms with E-state index in [-0.39, 0.29) is 18.3 Å². The molecule has 0 bridgehead atoms. The van der Waals surface area contributed by atoms with Crippen LogP contribution in [0.25, 0.3) is 0 Å². The number of aromatic hydroxyl groups is 1. The third kappa shape index (κ3) is 6.09. The molecule has 0 radical (unpaired) electrons. The molecule has 140 valence electrons. The molecule has 2 N–H and O–H groups in total. The molecular weight excluding hydrogens is 395 g/mol. The molecule has 2 aromatic rings. The zero-order chi connectivity index (χ0) is 19.1. The van der Waals surface area contributed by atoms with Crippen LogP contribution in [0.1, 0.15) is 30.6 Å². The van der Waals surface area contributed by atoms with Gasteiger partial charge in [-0.15, -0.1) is 11.8 Å². The standard InChI is InChI=1S/C19H20Cl2O4S/c1-2-25-17(14-11-13(20)4-5-16(14)22)7-8-26-18-6-3-12(9-15(18)21)10-19(23)24/h3-6,9,11,17,22H,2,7-8,10H2,1H3,(H,23,24). The third-order valence-electron chi connectivity index (χ3n) is 3.69. The lowest BCUT2D eigenvalue weighted by atomic mass is 10.1. The Kier molecular flexibility index (Phi) is 8.10. The van der Waals surface area contributed by atoms with Crippen LogP contribution in [0.2, 0.25) is 10.0 Å². The van der Waals surface area contributed by atoms with Crippen LogP contribution in [0.3, 0.4) is 0 Å². The van der Waals surface area contributed by atoms with Crippen LogP contribution in [-0.2, 0) is 16.0 Å². The van der Waals surface area contributed by atoms with Gasteiger partial charge in [-0.3, -0.25) is 4.79 Å². The van der Waals surface area contributed by atoms with E-state index < -0.39 is 5.97 Å². The van der Waals surface area contributed by atoms with Crippen molar-refractivity contribution in [3.05, 3.63) is 57.6 Å². The summed E-state index contributed by atoms with van der Waals surface area (Å²) in [6.07, 6.45) is 0.348. The molecule has 1 atom stereocenters. The molecular formula is C19H20Cl2O4S. The maximum Gasteiger partial charge on any atom is 0.307 e. The van der Waals surface area contributed by atoms with Crippen molar-refractivity contribution >= 4 is 40.9 Å². The number of halogens is 2. The van der Waals surface area contributed by atoms with Crippen molar-refractivity contribution in [2.75, 3.05) is 12.4 Å². The highest BCUT2D eigenvalue weighted by Crippen LogP contribution is 2.35. The minimum Gasteiger partial charge on any atom is -0.508 e. The van der Waals surface area contributed by atoms with Crippen LogP contribution >= 0.6 is 35.0 Å². The number of thioether (sulfide) groups is 1. The van der Waals surface area contributed by atoms with Crippen LogP contribution in [-0.4, -0.2) is 28.5 Å². The number of phenols is 1. The maximum atomic E-state index is 10.8. The van der Waals surface area contributed by atoms with Gasteiger partial charge in [0.05, 0.1) is 17.5 Å². The minimum atomic E-state index is -0.887. The summed E-state index contributed by atoms with van der Waals surface area (Å²) in [6.45, 7) is 2.42. The molecule has 7 heteroatoms. The first-order chi connectivity index (χ1) is 12.4. The van der Waals surface area contributed by atoms with Gasteiger partial charge in [0.15, 0.2) is 0 Å². The lowest BCUT2D eigenvalue weighted by Crippen LogP contribution is -2.06. The second kappa shape index (κ2) is 10.1. The van der Waals surface area contributed by atoms with Gasteiger partial charge in [0.25, 0.3) is 0 Å². The van der Waals surface area contributed by atoms with Gasteiger partial charge in [-0.05, 0) is 49.2 Å². The molecule has 0 aliphatic carbocycles. The first kappa shape index (κ1) is 20.9. The highest BCUT2D eigenvalue weighted by Gasteiger charge is 2.17. The highest BCUT2D eigenvalue weighted by atomic mass is 35.5. The molecule has 4 nitrogen and oxygen atoms in total. The molecule has 0 aromatic heterocycles. The molecule has 0 heterocycles. The molecule has 0 fully saturated rings. The van der Waals surface area contributed by atoms with E-state index in [1.165, 1.54) is 0 Å². The molecule has 0 saturated carbocycles. The highest BCUT2D eigenvalue weighted by molar-refractivity contribution is 7.99. The van der Waals surface area contributed by atoms with Crippen LogP contribution < -0.4 is 0 Å². The summed E-state index contributed by atoms with van der Waals surface area (Å²) in [5, 5.41) is 20.0. The summed E-state index contributed by atoms with van der Waals surface area (Å²) in [4.78, 5) is 11.6. The van der Waals surface area contributed by atoms with Crippen molar-refractivity contribution in [1.29, 1.82) is 0 Å². The largest absolute Gasteiger partial charge is 0.508 e. The Morgan fingerprint density at radius 1 is 1.23 bits per heavy atom. The second-order valence-corrected chi connectivity index (χ2v) is 7.60. The molecule has 0 aliphatic rings. The Labute approximate surface area is 167 Å². The van der Waals surface area contributed by atoms with E-state index in [1.807, 2.05) is 13.0 Å². The topological polar surface area (TPSA) is 66.8 Å². The first-order valence-electron chi connectivity index (χ1n) is 8.13. The Bertz CT molecular complexity index is 767. The van der Waals surface area contributed by atoms with Crippen LogP contribution in [0.15, 0.2) is 41.3 Å². The summed E-state index contributed by atoms with van der Waals surface area (Å²) < 4.78 is 5.76. The Morgan fingerprint density at radius 2 is 2.00 bits per heavy atom. The zero-order valence-electron chi connectivity index (χ0n) is 14.2. The Balaban J connectivity index is 2.01. The van der Waals surface area contributed by atoms with Crippen LogP contribution in [0, 0.1) is 0 Å². The third-order valence-corrected chi connectivity index (χ3v) is 5.46. The van der Waals surface area contributed by atoms with Crippen molar-refractivity contribution in [2.45, 2.75) is 30.8 Å². The van der Waals surface area contributed by atoms with E-state index >= 15 is 0 Å². The number of carbonyl (C=O) groups is 1. The maximum absolute atomic E-state index is 10.8. The van der Waals surface area contributed by atoms with E-state index in [2.05, 4.69) is 0 Å². The molecule has 2 rings (SSSR count). The van der Waals surface area contributed by atoms with Crippen molar-refractivity contribution < 1.29 is 19.7 Å². The monoisotopic (exact) mass is 414 g/mol. The van der Waals surface area contributed by atoms with E-state index in [0.29, 0.717) is 40.0 Å². The summed E-state index contributed by atoms with van der Waals surface area (Å²) in [5.74, 6) is -0.00880. The summed E-state index contributed by atoms with van der Waals surface area (Å²) >= 11 is 13.8. The van der Waals surface area contributed by atoms with Gasteiger partial charge in [0.2, 0.25) is 0 Å². The smallest absolute Gasteiger partial charge is 0.307 e. The van der Waals surface area contributed by atoms with E-state index in [4.69, 9.17) is 33.0 Å². The van der Waals surface area contributed by atoms with Crippen LogP contribution in [0.5, 0.6) is 5.75 Å². The fourth-order valence-corrected chi connectivity index (χ4v) is 4.00. The average Bonchev–Trinajstić information content (AvgIpc) is 2.57. The van der Waals surface area contributed by atoms with Gasteiger partial charge in [-0.25, -0.2) is 0 Å². The summed E-state index contributed by atoms with van der Waals surface area (Å²) in [5.41, 5.74) is 1.34. The number of carboxylic acids is 1. The van der Waals surface area contributed by atoms with Gasteiger partial charge in [-0.1, -0.05) is 29.3 Å². The Morgan fingerprint density at radius 3 is 2.65 bits per heavy atom. The lowest BCUT2D eigenvalue weighted by Gasteiger charge is -2.19. The van der Waals surface area contributed by atoms with Gasteiger partial charge in [0.1, 0.15) is 5.75 Å². The second-order valence-electron chi connectivity index (χ2n) is 5.62. The van der Waals surface area contributed by atoms with Crippen molar-refractivity contribution in [1.82, 2.24) is 0 Å². The van der Waals surface area contributed by atoms with Crippen molar-refractivity contribution in [2.24, 2.45) is 0 Å². The predicted octanol–water partition coefficient (Wildman–Crippen LogP) is 5.59. The van der Waals surface area contributed by atoms with E-state index in [9.17, 15) is 9.90 Å². The zero-order valence-corrected chi connectivity index (χ0v) is 16.6. The number of hydrogen-bond acceptors (Lipinski definition) is 4. The lowest BCUT2D eigenvalue weighted by molar-refractivity contribution is -0.136. The average molecular weight is 415 g/mol. The summed E-state index contributed by atoms with van der Waals surface area (Å²) in [6, 6.07) is 10.2. The van der Waals surface area contributed by atoms with Crippen LogP contribution in [0.4, 0.5) is 0 Å². The predicted molar refractivity (Wildman–Crippen MR) is 106 cm³/mol. The fraction of sp³-hybridized carbons (Fsp3) is 0.316. The number of ether oxygens (including phenoxy) is 1. The normalized spacial score (nSPS) is 12.1. The number of rotatable bonds is 9. The van der Waals surface area contributed by atoms with Gasteiger partial charge in [0, 0.05) is 27.8 Å². The SMILES string of the molecule is CCOC(CCSc1ccc(CC(=O)O)cc1Cl)c1cc(Cl)ccc1O. The summed E-state index contributed by atoms with van der Waals surface area (Å²) in [7, 11) is 0. The van der Waals surface area contributed by atoms with Gasteiger partial charge in [-0.2, -0.15) is 0 Å². The number of hydrogen-bond donors (Lipinski definition) is 2. The van der Waals surface area contributed by atoms with Gasteiger partial charge >= 0.3 is 5.97 Å². The number of phenolic OH excluding ortho intramolecular Hbond substituents is 1. The fourth-order valence-electron chi connectivity index (χ4n) is 2.53. The molecule has 0 saturated heterocycles. The Hall–Kier alpha value is -1.40. The number of carboxylic acid groups (broad SMARTS) is 1. The number of benzene rings is 2. The molecule has 1 unspecified atom stereocenters. The van der Waals surface area contributed by atoms with Crippen molar-refractivity contribution in [3.8, 4) is 5.75 Å². The first-order valence-corrected chi connectivity index (χ1v) is 9.88. The molecule has 0 aliphatic heterocycles. The molecule has 0 amide bonds.